The van der Waals surface area contributed by atoms with Crippen LogP contribution < -0.4 is 5.14 Å². The Morgan fingerprint density at radius 2 is 2.09 bits per heavy atom. The van der Waals surface area contributed by atoms with Crippen molar-refractivity contribution in [2.45, 2.75) is 11.3 Å². The van der Waals surface area contributed by atoms with E-state index in [1.165, 1.54) is 17.5 Å². The summed E-state index contributed by atoms with van der Waals surface area (Å²) in [5, 5.41) is 5.47. The number of hydrogen-bond donors (Lipinski definition) is 2. The number of thiol groups is 1. The third-order valence-corrected chi connectivity index (χ3v) is 2.36. The smallest absolute Gasteiger partial charge is 0.0258 e. The molecule has 0 heterocycles. The number of hydrogen-bond acceptors (Lipinski definition) is 3. The minimum Gasteiger partial charge on any atom is -0.274 e. The van der Waals surface area contributed by atoms with Crippen LogP contribution in [0.5, 0.6) is 0 Å². The normalized spacial score (nSPS) is 10.0. The molecule has 11 heavy (non-hydrogen) atoms. The van der Waals surface area contributed by atoms with Gasteiger partial charge < -0.3 is 0 Å². The molecule has 0 aromatic heterocycles. The van der Waals surface area contributed by atoms with Crippen LogP contribution in [0.2, 0.25) is 0 Å². The summed E-state index contributed by atoms with van der Waals surface area (Å²) in [5.41, 5.74) is 1.29. The zero-order chi connectivity index (χ0) is 8.10. The maximum Gasteiger partial charge on any atom is 0.0258 e. The van der Waals surface area contributed by atoms with Gasteiger partial charge in [-0.3, -0.25) is 5.14 Å². The lowest BCUT2D eigenvalue weighted by atomic mass is 10.2. The second-order valence-electron chi connectivity index (χ2n) is 2.20. The Balaban J connectivity index is 2.83. The van der Waals surface area contributed by atoms with E-state index in [-0.39, 0.29) is 0 Å². The molecule has 0 aliphatic heterocycles. The summed E-state index contributed by atoms with van der Waals surface area (Å²) in [4.78, 5) is 1.15. The van der Waals surface area contributed by atoms with Gasteiger partial charge in [-0.2, -0.15) is 12.6 Å². The molecule has 2 N–H and O–H groups in total. The monoisotopic (exact) mass is 185 g/mol. The van der Waals surface area contributed by atoms with Crippen LogP contribution in [-0.4, -0.2) is 5.75 Å². The Hall–Kier alpha value is -0.120. The number of rotatable bonds is 3. The topological polar surface area (TPSA) is 26.0 Å². The third-order valence-electron chi connectivity index (χ3n) is 1.48. The first-order valence-corrected chi connectivity index (χ1v) is 4.95. The Kier molecular flexibility index (Phi) is 3.83. The van der Waals surface area contributed by atoms with Crippen LogP contribution in [0.15, 0.2) is 29.2 Å². The number of aryl methyl sites for hydroxylation is 1. The molecule has 0 unspecified atom stereocenters. The molecule has 0 saturated heterocycles. The molecular weight excluding hydrogens is 174 g/mol. The standard InChI is InChI=1S/C8H11NS2/c9-11-8-4-2-1-3-7(8)5-6-10/h1-4,10H,5-6,9H2. The first kappa shape index (κ1) is 8.97. The van der Waals surface area contributed by atoms with E-state index in [1.807, 2.05) is 18.2 Å². The van der Waals surface area contributed by atoms with Crippen molar-refractivity contribution in [1.82, 2.24) is 0 Å². The highest BCUT2D eigenvalue weighted by Crippen LogP contribution is 2.17. The van der Waals surface area contributed by atoms with Gasteiger partial charge in [0.1, 0.15) is 0 Å². The summed E-state index contributed by atoms with van der Waals surface area (Å²) < 4.78 is 0. The molecule has 0 bridgehead atoms. The maximum absolute atomic E-state index is 5.47. The summed E-state index contributed by atoms with van der Waals surface area (Å²) in [6, 6.07) is 8.14. The van der Waals surface area contributed by atoms with Gasteiger partial charge in [-0.1, -0.05) is 18.2 Å². The van der Waals surface area contributed by atoms with Gasteiger partial charge in [0.05, 0.1) is 0 Å². The van der Waals surface area contributed by atoms with Crippen molar-refractivity contribution in [2.24, 2.45) is 5.14 Å². The van der Waals surface area contributed by atoms with E-state index >= 15 is 0 Å². The molecule has 0 radical (unpaired) electrons. The second kappa shape index (κ2) is 4.70. The van der Waals surface area contributed by atoms with Crippen molar-refractivity contribution < 1.29 is 0 Å². The van der Waals surface area contributed by atoms with Gasteiger partial charge in [0.15, 0.2) is 0 Å². The van der Waals surface area contributed by atoms with Crippen molar-refractivity contribution in [1.29, 1.82) is 0 Å². The SMILES string of the molecule is NSc1ccccc1CCS. The van der Waals surface area contributed by atoms with Gasteiger partial charge >= 0.3 is 0 Å². The molecule has 60 valence electrons. The van der Waals surface area contributed by atoms with Crippen LogP contribution in [-0.2, 0) is 6.42 Å². The molecule has 0 amide bonds. The predicted octanol–water partition coefficient (Wildman–Crippen LogP) is 2.12. The van der Waals surface area contributed by atoms with Crippen LogP contribution in [0.3, 0.4) is 0 Å². The largest absolute Gasteiger partial charge is 0.274 e. The first-order valence-electron chi connectivity index (χ1n) is 3.44. The highest BCUT2D eigenvalue weighted by molar-refractivity contribution is 7.97. The zero-order valence-corrected chi connectivity index (χ0v) is 7.87. The molecule has 1 aromatic rings. The molecule has 3 heteroatoms. The molecule has 0 saturated carbocycles. The molecule has 1 aromatic carbocycles. The van der Waals surface area contributed by atoms with E-state index in [2.05, 4.69) is 18.7 Å². The lowest BCUT2D eigenvalue weighted by Crippen LogP contribution is -1.91. The second-order valence-corrected chi connectivity index (χ2v) is 3.32. The van der Waals surface area contributed by atoms with Crippen molar-refractivity contribution in [3.05, 3.63) is 29.8 Å². The zero-order valence-electron chi connectivity index (χ0n) is 6.16. The summed E-state index contributed by atoms with van der Waals surface area (Å²) in [6.07, 6.45) is 0.990. The minimum atomic E-state index is 0.873. The molecule has 1 nitrogen and oxygen atoms in total. The summed E-state index contributed by atoms with van der Waals surface area (Å²) in [7, 11) is 0. The van der Waals surface area contributed by atoms with E-state index in [0.29, 0.717) is 0 Å². The summed E-state index contributed by atoms with van der Waals surface area (Å²) >= 11 is 5.47. The Morgan fingerprint density at radius 1 is 1.36 bits per heavy atom. The average Bonchev–Trinajstić information content (AvgIpc) is 2.06. The summed E-state index contributed by atoms with van der Waals surface area (Å²) in [6.45, 7) is 0. The quantitative estimate of drug-likeness (QED) is 0.557. The van der Waals surface area contributed by atoms with Gasteiger partial charge in [0, 0.05) is 4.90 Å². The van der Waals surface area contributed by atoms with Crippen LogP contribution in [0, 0.1) is 0 Å². The number of nitrogens with two attached hydrogens (primary N) is 1. The molecule has 0 atom stereocenters. The fraction of sp³-hybridized carbons (Fsp3) is 0.250. The van der Waals surface area contributed by atoms with Gasteiger partial charge in [-0.25, -0.2) is 0 Å². The lowest BCUT2D eigenvalue weighted by Gasteiger charge is -2.03. The first-order chi connectivity index (χ1) is 5.38. The molecule has 0 spiro atoms. The third kappa shape index (κ3) is 2.43. The molecule has 0 aliphatic carbocycles. The van der Waals surface area contributed by atoms with E-state index in [0.717, 1.165) is 17.1 Å². The minimum absolute atomic E-state index is 0.873. The fourth-order valence-electron chi connectivity index (χ4n) is 0.946. The molecular formula is C8H11NS2. The van der Waals surface area contributed by atoms with Gasteiger partial charge in [-0.05, 0) is 35.8 Å². The Bertz CT molecular complexity index is 225. The Morgan fingerprint density at radius 3 is 2.73 bits per heavy atom. The van der Waals surface area contributed by atoms with Crippen molar-refractivity contribution in [3.8, 4) is 0 Å². The molecule has 0 aliphatic rings. The van der Waals surface area contributed by atoms with E-state index in [9.17, 15) is 0 Å². The number of benzene rings is 1. The van der Waals surface area contributed by atoms with Gasteiger partial charge in [0.2, 0.25) is 0 Å². The van der Waals surface area contributed by atoms with E-state index in [1.54, 1.807) is 0 Å². The van der Waals surface area contributed by atoms with Crippen LogP contribution >= 0.6 is 24.6 Å². The van der Waals surface area contributed by atoms with Crippen LogP contribution in [0.1, 0.15) is 5.56 Å². The van der Waals surface area contributed by atoms with Crippen molar-refractivity contribution in [2.75, 3.05) is 5.75 Å². The average molecular weight is 185 g/mol. The van der Waals surface area contributed by atoms with Crippen molar-refractivity contribution in [3.63, 3.8) is 0 Å². The molecule has 1 rings (SSSR count). The van der Waals surface area contributed by atoms with Gasteiger partial charge in [0.25, 0.3) is 0 Å². The Labute approximate surface area is 76.9 Å². The van der Waals surface area contributed by atoms with Crippen molar-refractivity contribution >= 4 is 24.6 Å². The highest BCUT2D eigenvalue weighted by Gasteiger charge is 1.97. The van der Waals surface area contributed by atoms with E-state index < -0.39 is 0 Å². The van der Waals surface area contributed by atoms with E-state index in [4.69, 9.17) is 5.14 Å². The molecule has 0 fully saturated rings. The van der Waals surface area contributed by atoms with Gasteiger partial charge in [-0.15, -0.1) is 0 Å². The maximum atomic E-state index is 5.47. The predicted molar refractivity (Wildman–Crippen MR) is 54.0 cm³/mol. The van der Waals surface area contributed by atoms with Crippen LogP contribution in [0.25, 0.3) is 0 Å². The van der Waals surface area contributed by atoms with Crippen LogP contribution in [0.4, 0.5) is 0 Å². The summed E-state index contributed by atoms with van der Waals surface area (Å²) in [5.74, 6) is 0.873. The fourth-order valence-corrected chi connectivity index (χ4v) is 1.67. The lowest BCUT2D eigenvalue weighted by molar-refractivity contribution is 1.10. The highest BCUT2D eigenvalue weighted by atomic mass is 32.2.